The molecule has 2 rings (SSSR count). The Labute approximate surface area is 108 Å². The van der Waals surface area contributed by atoms with Crippen molar-refractivity contribution < 1.29 is 17.9 Å². The van der Waals surface area contributed by atoms with Crippen molar-refractivity contribution >= 4 is 16.5 Å². The highest BCUT2D eigenvalue weighted by atomic mass is 19.4. The van der Waals surface area contributed by atoms with Gasteiger partial charge in [-0.2, -0.15) is 13.2 Å². The van der Waals surface area contributed by atoms with Crippen LogP contribution in [0.1, 0.15) is 5.69 Å². The van der Waals surface area contributed by atoms with Crippen molar-refractivity contribution in [3.05, 3.63) is 30.0 Å². The number of pyridine rings is 1. The fourth-order valence-corrected chi connectivity index (χ4v) is 1.85. The first-order valence-corrected chi connectivity index (χ1v) is 5.68. The standard InChI is InChI=1S/C13H13F3N2O/c1-8-6-10-9(4-3-5-11(10)17-2)12(18-8)19-7-13(14,15)16/h3-6,17H,7H2,1-2H3. The largest absolute Gasteiger partial charge is 0.468 e. The number of alkyl halides is 3. The Morgan fingerprint density at radius 3 is 2.63 bits per heavy atom. The van der Waals surface area contributed by atoms with Crippen LogP contribution < -0.4 is 10.1 Å². The monoisotopic (exact) mass is 270 g/mol. The predicted molar refractivity (Wildman–Crippen MR) is 67.6 cm³/mol. The Morgan fingerprint density at radius 1 is 1.26 bits per heavy atom. The van der Waals surface area contributed by atoms with E-state index in [0.29, 0.717) is 11.1 Å². The van der Waals surface area contributed by atoms with E-state index in [0.717, 1.165) is 11.1 Å². The maximum atomic E-state index is 12.2. The third-order valence-electron chi connectivity index (χ3n) is 2.61. The van der Waals surface area contributed by atoms with E-state index in [1.807, 2.05) is 12.1 Å². The summed E-state index contributed by atoms with van der Waals surface area (Å²) in [4.78, 5) is 4.03. The SMILES string of the molecule is CNc1cccc2c(OCC(F)(F)F)nc(C)cc12. The molecule has 3 nitrogen and oxygen atoms in total. The highest BCUT2D eigenvalue weighted by molar-refractivity contribution is 5.96. The molecule has 0 aliphatic rings. The minimum atomic E-state index is -4.38. The van der Waals surface area contributed by atoms with Gasteiger partial charge in [0.05, 0.1) is 0 Å². The highest BCUT2D eigenvalue weighted by Crippen LogP contribution is 2.30. The van der Waals surface area contributed by atoms with Gasteiger partial charge >= 0.3 is 6.18 Å². The smallest absolute Gasteiger partial charge is 0.422 e. The topological polar surface area (TPSA) is 34.1 Å². The van der Waals surface area contributed by atoms with E-state index in [1.54, 1.807) is 26.1 Å². The van der Waals surface area contributed by atoms with Crippen LogP contribution in [0.5, 0.6) is 5.88 Å². The van der Waals surface area contributed by atoms with Gasteiger partial charge in [0.25, 0.3) is 0 Å². The van der Waals surface area contributed by atoms with E-state index in [2.05, 4.69) is 10.3 Å². The summed E-state index contributed by atoms with van der Waals surface area (Å²) in [5.74, 6) is 0.00410. The molecule has 1 N–H and O–H groups in total. The Balaban J connectivity index is 2.49. The maximum absolute atomic E-state index is 12.2. The highest BCUT2D eigenvalue weighted by Gasteiger charge is 2.29. The first-order chi connectivity index (χ1) is 8.90. The van der Waals surface area contributed by atoms with Crippen LogP contribution in [0.4, 0.5) is 18.9 Å². The van der Waals surface area contributed by atoms with Crippen molar-refractivity contribution in [2.45, 2.75) is 13.1 Å². The van der Waals surface area contributed by atoms with Crippen LogP contribution in [-0.4, -0.2) is 24.8 Å². The number of ether oxygens (including phenoxy) is 1. The summed E-state index contributed by atoms with van der Waals surface area (Å²) >= 11 is 0. The Hall–Kier alpha value is -1.98. The minimum absolute atomic E-state index is 0.00410. The van der Waals surface area contributed by atoms with Crippen LogP contribution in [0.25, 0.3) is 10.8 Å². The number of aromatic nitrogens is 1. The molecule has 0 amide bonds. The summed E-state index contributed by atoms with van der Waals surface area (Å²) in [6.07, 6.45) is -4.38. The van der Waals surface area contributed by atoms with Crippen molar-refractivity contribution in [1.29, 1.82) is 0 Å². The summed E-state index contributed by atoms with van der Waals surface area (Å²) in [6.45, 7) is 0.370. The second-order valence-electron chi connectivity index (χ2n) is 4.12. The van der Waals surface area contributed by atoms with Crippen molar-refractivity contribution in [2.24, 2.45) is 0 Å². The van der Waals surface area contributed by atoms with Crippen LogP contribution in [0, 0.1) is 6.92 Å². The molecule has 0 bridgehead atoms. The molecule has 1 aromatic carbocycles. The molecule has 1 heterocycles. The third kappa shape index (κ3) is 3.07. The quantitative estimate of drug-likeness (QED) is 0.926. The lowest BCUT2D eigenvalue weighted by molar-refractivity contribution is -0.153. The van der Waals surface area contributed by atoms with E-state index in [1.165, 1.54) is 0 Å². The summed E-state index contributed by atoms with van der Waals surface area (Å²) in [5, 5.41) is 4.34. The summed E-state index contributed by atoms with van der Waals surface area (Å²) in [7, 11) is 1.75. The molecular weight excluding hydrogens is 257 g/mol. The molecule has 0 unspecified atom stereocenters. The number of nitrogens with one attached hydrogen (secondary N) is 1. The average Bonchev–Trinajstić information content (AvgIpc) is 2.34. The van der Waals surface area contributed by atoms with E-state index in [4.69, 9.17) is 4.74 Å². The summed E-state index contributed by atoms with van der Waals surface area (Å²) < 4.78 is 41.5. The molecule has 0 saturated heterocycles. The van der Waals surface area contributed by atoms with Gasteiger partial charge in [0, 0.05) is 29.2 Å². The molecule has 0 aliphatic heterocycles. The lowest BCUT2D eigenvalue weighted by Gasteiger charge is -2.13. The van der Waals surface area contributed by atoms with Crippen molar-refractivity contribution in [3.8, 4) is 5.88 Å². The number of aryl methyl sites for hydroxylation is 1. The zero-order valence-electron chi connectivity index (χ0n) is 10.5. The minimum Gasteiger partial charge on any atom is -0.468 e. The van der Waals surface area contributed by atoms with Gasteiger partial charge in [-0.1, -0.05) is 6.07 Å². The van der Waals surface area contributed by atoms with Crippen molar-refractivity contribution in [3.63, 3.8) is 0 Å². The number of rotatable bonds is 3. The number of fused-ring (bicyclic) bond motifs is 1. The third-order valence-corrected chi connectivity index (χ3v) is 2.61. The summed E-state index contributed by atoms with van der Waals surface area (Å²) in [6, 6.07) is 7.08. The molecule has 0 aliphatic carbocycles. The predicted octanol–water partition coefficient (Wildman–Crippen LogP) is 3.53. The number of benzene rings is 1. The van der Waals surface area contributed by atoms with E-state index >= 15 is 0 Å². The molecule has 2 aromatic rings. The molecule has 1 aromatic heterocycles. The average molecular weight is 270 g/mol. The van der Waals surface area contributed by atoms with Gasteiger partial charge in [0.15, 0.2) is 6.61 Å². The molecule has 19 heavy (non-hydrogen) atoms. The van der Waals surface area contributed by atoms with Gasteiger partial charge < -0.3 is 10.1 Å². The molecule has 102 valence electrons. The van der Waals surface area contributed by atoms with Crippen LogP contribution in [0.3, 0.4) is 0 Å². The van der Waals surface area contributed by atoms with Gasteiger partial charge in [-0.25, -0.2) is 4.98 Å². The molecule has 0 saturated carbocycles. The summed E-state index contributed by atoms with van der Waals surface area (Å²) in [5.41, 5.74) is 1.42. The first kappa shape index (κ1) is 13.5. The van der Waals surface area contributed by atoms with E-state index in [9.17, 15) is 13.2 Å². The number of nitrogens with zero attached hydrogens (tertiary/aromatic N) is 1. The Bertz CT molecular complexity index is 596. The normalized spacial score (nSPS) is 11.6. The maximum Gasteiger partial charge on any atom is 0.422 e. The zero-order chi connectivity index (χ0) is 14.0. The molecule has 0 spiro atoms. The van der Waals surface area contributed by atoms with Crippen LogP contribution in [-0.2, 0) is 0 Å². The Morgan fingerprint density at radius 2 is 2.00 bits per heavy atom. The van der Waals surface area contributed by atoms with Gasteiger partial charge in [-0.3, -0.25) is 0 Å². The van der Waals surface area contributed by atoms with Crippen molar-refractivity contribution in [1.82, 2.24) is 4.98 Å². The number of anilines is 1. The van der Waals surface area contributed by atoms with Gasteiger partial charge in [0.1, 0.15) is 0 Å². The zero-order valence-corrected chi connectivity index (χ0v) is 10.5. The fraction of sp³-hybridized carbons (Fsp3) is 0.308. The van der Waals surface area contributed by atoms with E-state index in [-0.39, 0.29) is 5.88 Å². The van der Waals surface area contributed by atoms with Crippen molar-refractivity contribution in [2.75, 3.05) is 19.0 Å². The van der Waals surface area contributed by atoms with Gasteiger partial charge in [-0.15, -0.1) is 0 Å². The first-order valence-electron chi connectivity index (χ1n) is 5.68. The van der Waals surface area contributed by atoms with Gasteiger partial charge in [-0.05, 0) is 25.1 Å². The molecule has 0 radical (unpaired) electrons. The Kier molecular flexibility index (Phi) is 3.50. The molecule has 0 fully saturated rings. The van der Waals surface area contributed by atoms with E-state index < -0.39 is 12.8 Å². The van der Waals surface area contributed by atoms with Crippen LogP contribution >= 0.6 is 0 Å². The number of halogens is 3. The lowest BCUT2D eigenvalue weighted by Crippen LogP contribution is -2.19. The van der Waals surface area contributed by atoms with Crippen LogP contribution in [0.15, 0.2) is 24.3 Å². The fourth-order valence-electron chi connectivity index (χ4n) is 1.85. The molecule has 6 heteroatoms. The molecule has 0 atom stereocenters. The lowest BCUT2D eigenvalue weighted by atomic mass is 10.1. The van der Waals surface area contributed by atoms with Crippen LogP contribution in [0.2, 0.25) is 0 Å². The molecular formula is C13H13F3N2O. The number of hydrogen-bond acceptors (Lipinski definition) is 3. The second kappa shape index (κ2) is 4.95. The van der Waals surface area contributed by atoms with Gasteiger partial charge in [0.2, 0.25) is 5.88 Å². The number of hydrogen-bond donors (Lipinski definition) is 1. The second-order valence-corrected chi connectivity index (χ2v) is 4.12.